The molecule has 0 radical (unpaired) electrons. The lowest BCUT2D eigenvalue weighted by atomic mass is 10.1. The van der Waals surface area contributed by atoms with E-state index in [1.165, 1.54) is 11.0 Å². The molecule has 8 heteroatoms. The SMILES string of the molecule is O=C(NCCc1ccc(Cl)cc1Cl)c1cccc(-n2cnnn2)c1. The summed E-state index contributed by atoms with van der Waals surface area (Å²) in [6.07, 6.45) is 2.09. The van der Waals surface area contributed by atoms with Gasteiger partial charge in [0.2, 0.25) is 0 Å². The molecule has 1 amide bonds. The number of nitrogens with zero attached hydrogens (tertiary/aromatic N) is 4. The van der Waals surface area contributed by atoms with E-state index in [9.17, 15) is 4.79 Å². The minimum absolute atomic E-state index is 0.171. The molecular weight excluding hydrogens is 349 g/mol. The van der Waals surface area contributed by atoms with E-state index in [-0.39, 0.29) is 5.91 Å². The highest BCUT2D eigenvalue weighted by Gasteiger charge is 2.08. The van der Waals surface area contributed by atoms with Gasteiger partial charge in [0.15, 0.2) is 0 Å². The molecule has 1 heterocycles. The van der Waals surface area contributed by atoms with E-state index >= 15 is 0 Å². The molecule has 0 saturated heterocycles. The number of rotatable bonds is 5. The fourth-order valence-electron chi connectivity index (χ4n) is 2.21. The summed E-state index contributed by atoms with van der Waals surface area (Å²) < 4.78 is 1.49. The summed E-state index contributed by atoms with van der Waals surface area (Å²) in [6.45, 7) is 0.468. The van der Waals surface area contributed by atoms with Crippen LogP contribution < -0.4 is 5.32 Å². The van der Waals surface area contributed by atoms with Gasteiger partial charge >= 0.3 is 0 Å². The zero-order chi connectivity index (χ0) is 16.9. The molecule has 0 atom stereocenters. The molecule has 1 aromatic heterocycles. The van der Waals surface area contributed by atoms with E-state index in [4.69, 9.17) is 23.2 Å². The van der Waals surface area contributed by atoms with Gasteiger partial charge < -0.3 is 5.32 Å². The highest BCUT2D eigenvalue weighted by molar-refractivity contribution is 6.35. The minimum atomic E-state index is -0.171. The Balaban J connectivity index is 1.62. The van der Waals surface area contributed by atoms with Gasteiger partial charge in [-0.2, -0.15) is 0 Å². The molecule has 0 aliphatic carbocycles. The van der Waals surface area contributed by atoms with Crippen LogP contribution in [0.3, 0.4) is 0 Å². The van der Waals surface area contributed by atoms with Crippen LogP contribution in [-0.4, -0.2) is 32.7 Å². The van der Waals surface area contributed by atoms with E-state index in [1.54, 1.807) is 30.3 Å². The number of hydrogen-bond donors (Lipinski definition) is 1. The standard InChI is InChI=1S/C16H13Cl2N5O/c17-13-5-4-11(15(18)9-13)6-7-19-16(24)12-2-1-3-14(8-12)23-10-20-21-22-23/h1-5,8-10H,6-7H2,(H,19,24). The smallest absolute Gasteiger partial charge is 0.251 e. The lowest BCUT2D eigenvalue weighted by molar-refractivity contribution is 0.0954. The zero-order valence-electron chi connectivity index (χ0n) is 12.5. The molecule has 0 aliphatic rings. The van der Waals surface area contributed by atoms with Crippen molar-refractivity contribution < 1.29 is 4.79 Å². The Morgan fingerprint density at radius 1 is 1.17 bits per heavy atom. The maximum absolute atomic E-state index is 12.3. The summed E-state index contributed by atoms with van der Waals surface area (Å²) in [5, 5.41) is 15.0. The van der Waals surface area contributed by atoms with Crippen molar-refractivity contribution in [2.45, 2.75) is 6.42 Å². The average molecular weight is 362 g/mol. The Kier molecular flexibility index (Phi) is 5.08. The third kappa shape index (κ3) is 3.90. The van der Waals surface area contributed by atoms with Gasteiger partial charge in [-0.1, -0.05) is 35.3 Å². The van der Waals surface area contributed by atoms with Crippen molar-refractivity contribution in [3.63, 3.8) is 0 Å². The molecule has 2 aromatic carbocycles. The van der Waals surface area contributed by atoms with E-state index < -0.39 is 0 Å². The van der Waals surface area contributed by atoms with Crippen LogP contribution in [0.25, 0.3) is 5.69 Å². The highest BCUT2D eigenvalue weighted by atomic mass is 35.5. The molecule has 0 saturated carbocycles. The summed E-state index contributed by atoms with van der Waals surface area (Å²) in [7, 11) is 0. The fourth-order valence-corrected chi connectivity index (χ4v) is 2.71. The Hall–Kier alpha value is -2.44. The molecule has 122 valence electrons. The largest absolute Gasteiger partial charge is 0.352 e. The van der Waals surface area contributed by atoms with Crippen LogP contribution in [0.1, 0.15) is 15.9 Å². The van der Waals surface area contributed by atoms with Gasteiger partial charge in [0, 0.05) is 22.2 Å². The molecule has 0 spiro atoms. The van der Waals surface area contributed by atoms with Crippen molar-refractivity contribution in [1.82, 2.24) is 25.5 Å². The van der Waals surface area contributed by atoms with Crippen LogP contribution in [0.2, 0.25) is 10.0 Å². The van der Waals surface area contributed by atoms with Crippen molar-refractivity contribution in [1.29, 1.82) is 0 Å². The van der Waals surface area contributed by atoms with Gasteiger partial charge in [0.05, 0.1) is 5.69 Å². The molecule has 0 fully saturated rings. The van der Waals surface area contributed by atoms with Crippen molar-refractivity contribution in [2.75, 3.05) is 6.54 Å². The summed E-state index contributed by atoms with van der Waals surface area (Å²) in [5.74, 6) is -0.171. The topological polar surface area (TPSA) is 72.7 Å². The van der Waals surface area contributed by atoms with Gasteiger partial charge in [0.25, 0.3) is 5.91 Å². The number of benzene rings is 2. The van der Waals surface area contributed by atoms with Crippen LogP contribution in [0.15, 0.2) is 48.8 Å². The Morgan fingerprint density at radius 2 is 2.04 bits per heavy atom. The molecule has 0 bridgehead atoms. The van der Waals surface area contributed by atoms with Gasteiger partial charge in [-0.25, -0.2) is 4.68 Å². The van der Waals surface area contributed by atoms with Crippen LogP contribution >= 0.6 is 23.2 Å². The van der Waals surface area contributed by atoms with Crippen molar-refractivity contribution >= 4 is 29.1 Å². The van der Waals surface area contributed by atoms with Crippen molar-refractivity contribution in [3.8, 4) is 5.69 Å². The quantitative estimate of drug-likeness (QED) is 0.758. The number of aromatic nitrogens is 4. The fraction of sp³-hybridized carbons (Fsp3) is 0.125. The second-order valence-corrected chi connectivity index (χ2v) is 5.89. The summed E-state index contributed by atoms with van der Waals surface area (Å²) >= 11 is 12.0. The van der Waals surface area contributed by atoms with Crippen LogP contribution in [-0.2, 0) is 6.42 Å². The lowest BCUT2D eigenvalue weighted by Crippen LogP contribution is -2.25. The Bertz CT molecular complexity index is 851. The van der Waals surface area contributed by atoms with Gasteiger partial charge in [-0.3, -0.25) is 4.79 Å². The summed E-state index contributed by atoms with van der Waals surface area (Å²) in [6, 6.07) is 12.4. The number of carbonyl (C=O) groups is 1. The molecule has 1 N–H and O–H groups in total. The summed E-state index contributed by atoms with van der Waals surface area (Å²) in [5.41, 5.74) is 2.18. The third-order valence-corrected chi connectivity index (χ3v) is 4.00. The Labute approximate surface area is 148 Å². The molecule has 0 aliphatic heterocycles. The summed E-state index contributed by atoms with van der Waals surface area (Å²) in [4.78, 5) is 12.3. The first-order chi connectivity index (χ1) is 11.6. The van der Waals surface area contributed by atoms with E-state index in [2.05, 4.69) is 20.8 Å². The number of hydrogen-bond acceptors (Lipinski definition) is 4. The van der Waals surface area contributed by atoms with E-state index in [0.717, 1.165) is 5.56 Å². The molecule has 0 unspecified atom stereocenters. The van der Waals surface area contributed by atoms with Crippen molar-refractivity contribution in [3.05, 3.63) is 70.0 Å². The lowest BCUT2D eigenvalue weighted by Gasteiger charge is -2.08. The van der Waals surface area contributed by atoms with Gasteiger partial charge in [-0.15, -0.1) is 5.10 Å². The number of nitrogens with one attached hydrogen (secondary N) is 1. The van der Waals surface area contributed by atoms with E-state index in [1.807, 2.05) is 12.1 Å². The molecule has 6 nitrogen and oxygen atoms in total. The average Bonchev–Trinajstić information content (AvgIpc) is 3.11. The highest BCUT2D eigenvalue weighted by Crippen LogP contribution is 2.21. The second kappa shape index (κ2) is 7.42. The molecule has 24 heavy (non-hydrogen) atoms. The van der Waals surface area contributed by atoms with Gasteiger partial charge in [-0.05, 0) is 52.7 Å². The molecule has 3 rings (SSSR count). The first-order valence-electron chi connectivity index (χ1n) is 7.19. The number of tetrazole rings is 1. The number of carbonyl (C=O) groups excluding carboxylic acids is 1. The predicted octanol–water partition coefficient (Wildman–Crippen LogP) is 2.94. The van der Waals surface area contributed by atoms with Crippen LogP contribution in [0.4, 0.5) is 0 Å². The molecule has 3 aromatic rings. The maximum Gasteiger partial charge on any atom is 0.251 e. The van der Waals surface area contributed by atoms with Crippen LogP contribution in [0.5, 0.6) is 0 Å². The monoisotopic (exact) mass is 361 g/mol. The number of halogens is 2. The molecular formula is C16H13Cl2N5O. The van der Waals surface area contributed by atoms with E-state index in [0.29, 0.717) is 34.3 Å². The Morgan fingerprint density at radius 3 is 2.79 bits per heavy atom. The zero-order valence-corrected chi connectivity index (χ0v) is 14.0. The van der Waals surface area contributed by atoms with Crippen LogP contribution in [0, 0.1) is 0 Å². The third-order valence-electron chi connectivity index (χ3n) is 3.42. The number of amides is 1. The maximum atomic E-state index is 12.3. The predicted molar refractivity (Wildman–Crippen MR) is 91.7 cm³/mol. The van der Waals surface area contributed by atoms with Gasteiger partial charge in [0.1, 0.15) is 6.33 Å². The first kappa shape index (κ1) is 16.4. The second-order valence-electron chi connectivity index (χ2n) is 5.05. The normalized spacial score (nSPS) is 10.6. The minimum Gasteiger partial charge on any atom is -0.352 e. The first-order valence-corrected chi connectivity index (χ1v) is 7.94. The van der Waals surface area contributed by atoms with Crippen molar-refractivity contribution in [2.24, 2.45) is 0 Å².